The monoisotopic (exact) mass is 419 g/mol. The van der Waals surface area contributed by atoms with Crippen molar-refractivity contribution in [1.29, 1.82) is 0 Å². The Morgan fingerprint density at radius 1 is 1.10 bits per heavy atom. The summed E-state index contributed by atoms with van der Waals surface area (Å²) in [6.07, 6.45) is 0.556. The molecule has 1 heterocycles. The van der Waals surface area contributed by atoms with Crippen molar-refractivity contribution in [2.24, 2.45) is 0 Å². The van der Waals surface area contributed by atoms with Crippen molar-refractivity contribution in [3.63, 3.8) is 0 Å². The number of morpholine rings is 1. The van der Waals surface area contributed by atoms with Crippen molar-refractivity contribution in [1.82, 2.24) is 4.31 Å². The number of benzene rings is 2. The van der Waals surface area contributed by atoms with Crippen molar-refractivity contribution in [2.45, 2.75) is 18.2 Å². The van der Waals surface area contributed by atoms with E-state index in [0.29, 0.717) is 38.3 Å². The molecule has 0 spiro atoms. The summed E-state index contributed by atoms with van der Waals surface area (Å²) in [6, 6.07) is 12.1. The molecule has 29 heavy (non-hydrogen) atoms. The van der Waals surface area contributed by atoms with Gasteiger partial charge in [-0.25, -0.2) is 13.2 Å². The molecular weight excluding hydrogens is 394 g/mol. The van der Waals surface area contributed by atoms with E-state index in [2.05, 4.69) is 0 Å². The Balaban J connectivity index is 1.67. The molecule has 3 rings (SSSR count). The quantitative estimate of drug-likeness (QED) is 0.641. The number of rotatable bonds is 7. The second kappa shape index (κ2) is 9.39. The molecule has 0 bridgehead atoms. The van der Waals surface area contributed by atoms with Crippen LogP contribution >= 0.6 is 0 Å². The standard InChI is InChI=1S/C21H25NO6S/c1-16-3-8-19(29(24,25)22-10-13-27-14-11-22)15-20(16)21(23)28-12-9-17-4-6-18(26-2)7-5-17/h3-8,15H,9-14H2,1-2H3. The summed E-state index contributed by atoms with van der Waals surface area (Å²) in [5.41, 5.74) is 1.94. The van der Waals surface area contributed by atoms with Gasteiger partial charge in [-0.3, -0.25) is 0 Å². The first-order valence-electron chi connectivity index (χ1n) is 9.40. The van der Waals surface area contributed by atoms with Crippen LogP contribution in [-0.2, 0) is 25.9 Å². The third-order valence-electron chi connectivity index (χ3n) is 4.82. The number of hydrogen-bond donors (Lipinski definition) is 0. The number of ether oxygens (including phenoxy) is 3. The highest BCUT2D eigenvalue weighted by Gasteiger charge is 2.27. The fraction of sp³-hybridized carbons (Fsp3) is 0.381. The molecular formula is C21H25NO6S. The van der Waals surface area contributed by atoms with E-state index in [9.17, 15) is 13.2 Å². The van der Waals surface area contributed by atoms with Gasteiger partial charge in [-0.05, 0) is 42.3 Å². The lowest BCUT2D eigenvalue weighted by molar-refractivity contribution is 0.0508. The molecule has 0 aromatic heterocycles. The fourth-order valence-electron chi connectivity index (χ4n) is 3.05. The van der Waals surface area contributed by atoms with E-state index in [1.807, 2.05) is 24.3 Å². The van der Waals surface area contributed by atoms with Gasteiger partial charge in [-0.2, -0.15) is 4.31 Å². The van der Waals surface area contributed by atoms with Crippen LogP contribution in [0, 0.1) is 6.92 Å². The maximum atomic E-state index is 12.8. The molecule has 1 aliphatic rings. The lowest BCUT2D eigenvalue weighted by Crippen LogP contribution is -2.40. The molecule has 0 amide bonds. The van der Waals surface area contributed by atoms with Crippen LogP contribution in [0.1, 0.15) is 21.5 Å². The van der Waals surface area contributed by atoms with Crippen LogP contribution in [0.25, 0.3) is 0 Å². The highest BCUT2D eigenvalue weighted by molar-refractivity contribution is 7.89. The number of methoxy groups -OCH3 is 1. The van der Waals surface area contributed by atoms with Crippen LogP contribution in [0.15, 0.2) is 47.4 Å². The molecule has 0 saturated carbocycles. The van der Waals surface area contributed by atoms with E-state index in [4.69, 9.17) is 14.2 Å². The van der Waals surface area contributed by atoms with E-state index in [1.165, 1.54) is 16.4 Å². The van der Waals surface area contributed by atoms with Gasteiger partial charge in [0.05, 0.1) is 37.4 Å². The molecule has 156 valence electrons. The predicted molar refractivity (Wildman–Crippen MR) is 108 cm³/mol. The Morgan fingerprint density at radius 3 is 2.45 bits per heavy atom. The molecule has 1 fully saturated rings. The Labute approximate surface area is 171 Å². The third-order valence-corrected chi connectivity index (χ3v) is 6.71. The van der Waals surface area contributed by atoms with Crippen molar-refractivity contribution in [3.8, 4) is 5.75 Å². The Morgan fingerprint density at radius 2 is 1.79 bits per heavy atom. The van der Waals surface area contributed by atoms with E-state index < -0.39 is 16.0 Å². The van der Waals surface area contributed by atoms with E-state index in [0.717, 1.165) is 11.3 Å². The van der Waals surface area contributed by atoms with Gasteiger partial charge in [0.15, 0.2) is 0 Å². The van der Waals surface area contributed by atoms with Crippen LogP contribution in [0.3, 0.4) is 0 Å². The lowest BCUT2D eigenvalue weighted by Gasteiger charge is -2.26. The van der Waals surface area contributed by atoms with Gasteiger partial charge in [0.2, 0.25) is 10.0 Å². The molecule has 0 atom stereocenters. The summed E-state index contributed by atoms with van der Waals surface area (Å²) in [5.74, 6) is 0.231. The van der Waals surface area contributed by atoms with Gasteiger partial charge in [0.1, 0.15) is 5.75 Å². The third kappa shape index (κ3) is 5.14. The molecule has 0 aliphatic carbocycles. The first-order valence-corrected chi connectivity index (χ1v) is 10.8. The van der Waals surface area contributed by atoms with Gasteiger partial charge in [0, 0.05) is 19.5 Å². The molecule has 7 nitrogen and oxygen atoms in total. The molecule has 1 aliphatic heterocycles. The summed E-state index contributed by atoms with van der Waals surface area (Å²) < 4.78 is 42.8. The maximum Gasteiger partial charge on any atom is 0.338 e. The second-order valence-corrected chi connectivity index (χ2v) is 8.67. The topological polar surface area (TPSA) is 82.1 Å². The highest BCUT2D eigenvalue weighted by atomic mass is 32.2. The van der Waals surface area contributed by atoms with Gasteiger partial charge in [0.25, 0.3) is 0 Å². The summed E-state index contributed by atoms with van der Waals surface area (Å²) >= 11 is 0. The first kappa shape index (κ1) is 21.3. The minimum atomic E-state index is -3.67. The first-order chi connectivity index (χ1) is 13.9. The van der Waals surface area contributed by atoms with Crippen LogP contribution in [0.4, 0.5) is 0 Å². The number of hydrogen-bond acceptors (Lipinski definition) is 6. The SMILES string of the molecule is COc1ccc(CCOC(=O)c2cc(S(=O)(=O)N3CCOCC3)ccc2C)cc1. The highest BCUT2D eigenvalue weighted by Crippen LogP contribution is 2.21. The summed E-state index contributed by atoms with van der Waals surface area (Å²) in [4.78, 5) is 12.6. The van der Waals surface area contributed by atoms with Gasteiger partial charge in [-0.1, -0.05) is 18.2 Å². The second-order valence-electron chi connectivity index (χ2n) is 6.73. The molecule has 2 aromatic carbocycles. The fourth-order valence-corrected chi connectivity index (χ4v) is 4.48. The molecule has 1 saturated heterocycles. The largest absolute Gasteiger partial charge is 0.497 e. The zero-order valence-electron chi connectivity index (χ0n) is 16.6. The normalized spacial score (nSPS) is 15.1. The van der Waals surface area contributed by atoms with Crippen molar-refractivity contribution in [3.05, 3.63) is 59.2 Å². The van der Waals surface area contributed by atoms with Gasteiger partial charge < -0.3 is 14.2 Å². The van der Waals surface area contributed by atoms with E-state index >= 15 is 0 Å². The van der Waals surface area contributed by atoms with Gasteiger partial charge >= 0.3 is 5.97 Å². The minimum absolute atomic E-state index is 0.0899. The Bertz CT molecular complexity index is 950. The average molecular weight is 419 g/mol. The predicted octanol–water partition coefficient (Wildman–Crippen LogP) is 2.42. The Hall–Kier alpha value is -2.42. The molecule has 0 N–H and O–H groups in total. The molecule has 0 radical (unpaired) electrons. The number of aryl methyl sites for hydroxylation is 1. The maximum absolute atomic E-state index is 12.8. The number of nitrogens with zero attached hydrogens (tertiary/aromatic N) is 1. The molecule has 8 heteroatoms. The van der Waals surface area contributed by atoms with Gasteiger partial charge in [-0.15, -0.1) is 0 Å². The summed E-state index contributed by atoms with van der Waals surface area (Å²) in [6.45, 7) is 3.29. The van der Waals surface area contributed by atoms with Crippen molar-refractivity contribution < 1.29 is 27.4 Å². The van der Waals surface area contributed by atoms with Crippen LogP contribution < -0.4 is 4.74 Å². The molecule has 0 unspecified atom stereocenters. The van der Waals surface area contributed by atoms with E-state index in [1.54, 1.807) is 20.1 Å². The number of carbonyl (C=O) groups excluding carboxylic acids is 1. The lowest BCUT2D eigenvalue weighted by atomic mass is 10.1. The zero-order valence-corrected chi connectivity index (χ0v) is 17.4. The zero-order chi connectivity index (χ0) is 20.9. The summed E-state index contributed by atoms with van der Waals surface area (Å²) in [5, 5.41) is 0. The summed E-state index contributed by atoms with van der Waals surface area (Å²) in [7, 11) is -2.07. The number of esters is 1. The van der Waals surface area contributed by atoms with Crippen LogP contribution in [0.5, 0.6) is 5.75 Å². The minimum Gasteiger partial charge on any atom is -0.497 e. The molecule has 2 aromatic rings. The van der Waals surface area contributed by atoms with Crippen LogP contribution in [0.2, 0.25) is 0 Å². The van der Waals surface area contributed by atoms with Crippen LogP contribution in [-0.4, -0.2) is 58.7 Å². The number of sulfonamides is 1. The average Bonchev–Trinajstić information content (AvgIpc) is 2.75. The smallest absolute Gasteiger partial charge is 0.338 e. The van der Waals surface area contributed by atoms with Crippen molar-refractivity contribution >= 4 is 16.0 Å². The van der Waals surface area contributed by atoms with E-state index in [-0.39, 0.29) is 17.1 Å². The Kier molecular flexibility index (Phi) is 6.89. The van der Waals surface area contributed by atoms with Crippen molar-refractivity contribution in [2.75, 3.05) is 40.0 Å². The number of carbonyl (C=O) groups is 1.